The Morgan fingerprint density at radius 3 is 2.71 bits per heavy atom. The highest BCUT2D eigenvalue weighted by molar-refractivity contribution is 6.06. The first kappa shape index (κ1) is 18.0. The monoisotopic (exact) mass is 374 g/mol. The second kappa shape index (κ2) is 7.35. The van der Waals surface area contributed by atoms with Crippen molar-refractivity contribution in [3.8, 4) is 5.75 Å². The van der Waals surface area contributed by atoms with Gasteiger partial charge in [-0.2, -0.15) is 0 Å². The first-order chi connectivity index (χ1) is 13.5. The Bertz CT molecular complexity index is 1060. The highest BCUT2D eigenvalue weighted by Crippen LogP contribution is 2.36. The number of nitrogens with one attached hydrogen (secondary N) is 1. The summed E-state index contributed by atoms with van der Waals surface area (Å²) < 4.78 is 6.00. The van der Waals surface area contributed by atoms with Crippen LogP contribution < -0.4 is 15.0 Å². The maximum absolute atomic E-state index is 12.9. The Morgan fingerprint density at radius 1 is 1.11 bits per heavy atom. The van der Waals surface area contributed by atoms with Crippen molar-refractivity contribution in [2.75, 3.05) is 18.1 Å². The normalized spacial score (nSPS) is 15.6. The zero-order chi connectivity index (χ0) is 19.7. The first-order valence-electron chi connectivity index (χ1n) is 9.34. The molecule has 0 aromatic heterocycles. The minimum absolute atomic E-state index is 0.127. The van der Waals surface area contributed by atoms with Gasteiger partial charge in [-0.1, -0.05) is 54.1 Å². The molecule has 4 rings (SSSR count). The third-order valence-electron chi connectivity index (χ3n) is 4.97. The molecule has 0 bridgehead atoms. The van der Waals surface area contributed by atoms with Gasteiger partial charge in [0, 0.05) is 23.6 Å². The van der Waals surface area contributed by atoms with Gasteiger partial charge in [0.15, 0.2) is 0 Å². The van der Waals surface area contributed by atoms with Crippen LogP contribution in [-0.2, 0) is 9.59 Å². The molecule has 5 heteroatoms. The number of hydrogen-bond acceptors (Lipinski definition) is 3. The lowest BCUT2D eigenvalue weighted by atomic mass is 10.1. The lowest BCUT2D eigenvalue weighted by Crippen LogP contribution is -2.38. The Morgan fingerprint density at radius 2 is 1.89 bits per heavy atom. The third kappa shape index (κ3) is 3.31. The lowest BCUT2D eigenvalue weighted by Gasteiger charge is -2.19. The Labute approximate surface area is 163 Å². The predicted molar refractivity (Wildman–Crippen MR) is 110 cm³/mol. The molecule has 1 aliphatic rings. The average molecular weight is 374 g/mol. The van der Waals surface area contributed by atoms with Crippen LogP contribution in [0.5, 0.6) is 5.75 Å². The van der Waals surface area contributed by atoms with Crippen molar-refractivity contribution >= 4 is 28.3 Å². The van der Waals surface area contributed by atoms with E-state index in [0.29, 0.717) is 13.2 Å². The molecule has 0 saturated carbocycles. The largest absolute Gasteiger partial charge is 0.491 e. The summed E-state index contributed by atoms with van der Waals surface area (Å²) in [4.78, 5) is 26.2. The van der Waals surface area contributed by atoms with E-state index in [-0.39, 0.29) is 11.8 Å². The van der Waals surface area contributed by atoms with Gasteiger partial charge < -0.3 is 15.0 Å². The topological polar surface area (TPSA) is 58.6 Å². The smallest absolute Gasteiger partial charge is 0.254 e. The number of rotatable bonds is 5. The summed E-state index contributed by atoms with van der Waals surface area (Å²) in [5.74, 6) is 0.448. The highest BCUT2D eigenvalue weighted by atomic mass is 16.5. The molecular weight excluding hydrogens is 352 g/mol. The summed E-state index contributed by atoms with van der Waals surface area (Å²) in [7, 11) is 0. The molecule has 0 saturated heterocycles. The van der Waals surface area contributed by atoms with Gasteiger partial charge in [-0.3, -0.25) is 9.59 Å². The van der Waals surface area contributed by atoms with E-state index >= 15 is 0 Å². The Balaban J connectivity index is 1.53. The maximum Gasteiger partial charge on any atom is 0.254 e. The fraction of sp³-hybridized carbons (Fsp3) is 0.217. The average Bonchev–Trinajstić information content (AvgIpc) is 2.93. The molecule has 28 heavy (non-hydrogen) atoms. The first-order valence-corrected chi connectivity index (χ1v) is 9.34. The van der Waals surface area contributed by atoms with Gasteiger partial charge in [0.05, 0.1) is 6.54 Å². The molecule has 2 amide bonds. The molecule has 1 atom stereocenters. The van der Waals surface area contributed by atoms with Crippen molar-refractivity contribution < 1.29 is 14.3 Å². The number of nitrogens with zero attached hydrogens (tertiary/aromatic N) is 1. The van der Waals surface area contributed by atoms with Gasteiger partial charge in [-0.05, 0) is 24.4 Å². The van der Waals surface area contributed by atoms with Crippen LogP contribution in [0.3, 0.4) is 0 Å². The van der Waals surface area contributed by atoms with Crippen LogP contribution in [0.2, 0.25) is 0 Å². The van der Waals surface area contributed by atoms with E-state index in [1.165, 1.54) is 6.92 Å². The Kier molecular flexibility index (Phi) is 4.74. The van der Waals surface area contributed by atoms with Crippen LogP contribution in [0.25, 0.3) is 10.8 Å². The van der Waals surface area contributed by atoms with E-state index in [4.69, 9.17) is 4.74 Å². The van der Waals surface area contributed by atoms with Crippen molar-refractivity contribution in [1.29, 1.82) is 0 Å². The molecule has 0 spiro atoms. The molecule has 3 aromatic carbocycles. The second-order valence-corrected chi connectivity index (χ2v) is 7.01. The van der Waals surface area contributed by atoms with Crippen molar-refractivity contribution in [2.24, 2.45) is 0 Å². The van der Waals surface area contributed by atoms with Gasteiger partial charge in [0.1, 0.15) is 18.4 Å². The van der Waals surface area contributed by atoms with E-state index in [2.05, 4.69) is 5.32 Å². The number of fused-ring (bicyclic) bond motifs is 2. The Hall–Kier alpha value is -3.34. The van der Waals surface area contributed by atoms with Crippen LogP contribution in [0.1, 0.15) is 24.1 Å². The van der Waals surface area contributed by atoms with Crippen LogP contribution in [0.4, 0.5) is 5.69 Å². The molecule has 1 aliphatic heterocycles. The third-order valence-corrected chi connectivity index (χ3v) is 4.97. The summed E-state index contributed by atoms with van der Waals surface area (Å²) in [5.41, 5.74) is 2.72. The molecule has 1 N–H and O–H groups in total. The van der Waals surface area contributed by atoms with Crippen LogP contribution in [0.15, 0.2) is 60.7 Å². The van der Waals surface area contributed by atoms with Crippen molar-refractivity contribution in [1.82, 2.24) is 5.32 Å². The van der Waals surface area contributed by atoms with Crippen LogP contribution in [-0.4, -0.2) is 25.0 Å². The molecular formula is C23H22N2O3. The number of aryl methyl sites for hydroxylation is 1. The van der Waals surface area contributed by atoms with E-state index in [1.807, 2.05) is 67.6 Å². The van der Waals surface area contributed by atoms with E-state index in [0.717, 1.165) is 33.3 Å². The standard InChI is InChI=1S/C23H22N2O3/c1-15-10-11-20-19(14-15)22(24-16(2)26)23(27)25(20)12-13-28-21-9-5-7-17-6-3-4-8-18(17)21/h3-11,14,22H,12-13H2,1-2H3,(H,24,26)/t22-/m1/s1. The van der Waals surface area contributed by atoms with Gasteiger partial charge in [0.25, 0.3) is 5.91 Å². The van der Waals surface area contributed by atoms with Crippen molar-refractivity contribution in [2.45, 2.75) is 19.9 Å². The summed E-state index contributed by atoms with van der Waals surface area (Å²) >= 11 is 0. The summed E-state index contributed by atoms with van der Waals surface area (Å²) in [6.45, 7) is 4.17. The number of anilines is 1. The molecule has 3 aromatic rings. The maximum atomic E-state index is 12.9. The quantitative estimate of drug-likeness (QED) is 0.740. The minimum Gasteiger partial charge on any atom is -0.491 e. The second-order valence-electron chi connectivity index (χ2n) is 7.01. The molecule has 0 aliphatic carbocycles. The number of carbonyl (C=O) groups excluding carboxylic acids is 2. The van der Waals surface area contributed by atoms with Crippen molar-refractivity contribution in [3.05, 3.63) is 71.8 Å². The van der Waals surface area contributed by atoms with Crippen LogP contribution in [0, 0.1) is 6.92 Å². The fourth-order valence-corrected chi connectivity index (χ4v) is 3.70. The highest BCUT2D eigenvalue weighted by Gasteiger charge is 2.37. The van der Waals surface area contributed by atoms with E-state index < -0.39 is 6.04 Å². The minimum atomic E-state index is -0.634. The molecule has 0 radical (unpaired) electrons. The fourth-order valence-electron chi connectivity index (χ4n) is 3.70. The van der Waals surface area contributed by atoms with E-state index in [9.17, 15) is 9.59 Å². The molecule has 5 nitrogen and oxygen atoms in total. The van der Waals surface area contributed by atoms with Crippen LogP contribution >= 0.6 is 0 Å². The number of hydrogen-bond donors (Lipinski definition) is 1. The molecule has 142 valence electrons. The molecule has 0 unspecified atom stereocenters. The zero-order valence-corrected chi connectivity index (χ0v) is 15.9. The molecule has 1 heterocycles. The van der Waals surface area contributed by atoms with Gasteiger partial charge in [-0.15, -0.1) is 0 Å². The van der Waals surface area contributed by atoms with Gasteiger partial charge >= 0.3 is 0 Å². The number of ether oxygens (including phenoxy) is 1. The molecule has 0 fully saturated rings. The predicted octanol–water partition coefficient (Wildman–Crippen LogP) is 3.75. The van der Waals surface area contributed by atoms with Crippen molar-refractivity contribution in [3.63, 3.8) is 0 Å². The number of benzene rings is 3. The van der Waals surface area contributed by atoms with Gasteiger partial charge in [0.2, 0.25) is 5.91 Å². The summed E-state index contributed by atoms with van der Waals surface area (Å²) in [6.07, 6.45) is 0. The zero-order valence-electron chi connectivity index (χ0n) is 15.9. The number of amides is 2. The van der Waals surface area contributed by atoms with E-state index in [1.54, 1.807) is 4.90 Å². The summed E-state index contributed by atoms with van der Waals surface area (Å²) in [5, 5.41) is 4.93. The lowest BCUT2D eigenvalue weighted by molar-refractivity contribution is -0.126. The number of carbonyl (C=O) groups is 2. The SMILES string of the molecule is CC(=O)N[C@H]1C(=O)N(CCOc2cccc3ccccc23)c2ccc(C)cc21. The summed E-state index contributed by atoms with van der Waals surface area (Å²) in [6, 6.07) is 19.2. The van der Waals surface area contributed by atoms with Gasteiger partial charge in [-0.25, -0.2) is 0 Å².